The van der Waals surface area contributed by atoms with Gasteiger partial charge in [-0.15, -0.1) is 48.6 Å². The molecule has 1 fully saturated rings. The second-order valence-electron chi connectivity index (χ2n) is 7.26. The molecule has 0 unspecified atom stereocenters. The highest BCUT2D eigenvalue weighted by atomic mass is 35.5. The lowest BCUT2D eigenvalue weighted by Crippen LogP contribution is -2.38. The normalized spacial score (nSPS) is 15.9. The fourth-order valence-electron chi connectivity index (χ4n) is 3.82. The maximum atomic E-state index is 12.7. The zero-order chi connectivity index (χ0) is 18.9. The molecule has 0 spiro atoms. The number of nitrogens with zero attached hydrogens (tertiary/aromatic N) is 4. The molecular formula is C20H24Cl3N5OS2. The van der Waals surface area contributed by atoms with Crippen LogP contribution in [0.3, 0.4) is 0 Å². The van der Waals surface area contributed by atoms with Crippen LogP contribution in [0, 0.1) is 5.92 Å². The molecule has 5 rings (SSSR count). The number of nitrogens with one attached hydrogen (secondary N) is 1. The monoisotopic (exact) mass is 519 g/mol. The predicted octanol–water partition coefficient (Wildman–Crippen LogP) is 4.53. The van der Waals surface area contributed by atoms with Gasteiger partial charge in [-0.1, -0.05) is 17.8 Å². The Labute approximate surface area is 208 Å². The standard InChI is InChI=1S/C20H21N5OS2.3ClH/c26-20(17-8-16-10-21-18-2-1-3-19(28-17)25(16)18)22-9-14-4-6-24(7-5-14)11-15-12-27-13-23-15;;;/h1-3,8,10,12-14H,4-7,9,11H2,(H,22,26);3*1H. The minimum Gasteiger partial charge on any atom is -0.351 e. The van der Waals surface area contributed by atoms with Crippen molar-refractivity contribution in [2.75, 3.05) is 19.6 Å². The Bertz CT molecular complexity index is 1030. The van der Waals surface area contributed by atoms with Crippen LogP contribution < -0.4 is 5.32 Å². The SMILES string of the molecule is Cl.Cl.Cl.O=C(NCC1CCN(Cc2cscn2)CC1)C1=Cc2cnc3cccc(n23)S1. The first-order valence-electron chi connectivity index (χ1n) is 9.50. The number of imidazole rings is 1. The third-order valence-corrected chi connectivity index (χ3v) is 7.05. The van der Waals surface area contributed by atoms with Gasteiger partial charge in [-0.3, -0.25) is 14.1 Å². The van der Waals surface area contributed by atoms with E-state index in [0.717, 1.165) is 66.0 Å². The van der Waals surface area contributed by atoms with E-state index in [1.807, 2.05) is 36.0 Å². The van der Waals surface area contributed by atoms with E-state index in [-0.39, 0.29) is 43.1 Å². The van der Waals surface area contributed by atoms with Gasteiger partial charge in [0.1, 0.15) is 5.65 Å². The van der Waals surface area contributed by atoms with Gasteiger partial charge in [0.25, 0.3) is 5.91 Å². The number of halogens is 3. The van der Waals surface area contributed by atoms with Gasteiger partial charge in [0.2, 0.25) is 0 Å². The molecule has 1 saturated heterocycles. The average molecular weight is 521 g/mol. The van der Waals surface area contributed by atoms with Crippen molar-refractivity contribution in [3.63, 3.8) is 0 Å². The molecular weight excluding hydrogens is 497 g/mol. The summed E-state index contributed by atoms with van der Waals surface area (Å²) < 4.78 is 2.08. The van der Waals surface area contributed by atoms with Crippen molar-refractivity contribution in [3.05, 3.63) is 51.6 Å². The Morgan fingerprint density at radius 1 is 1.16 bits per heavy atom. The van der Waals surface area contributed by atoms with E-state index in [0.29, 0.717) is 5.92 Å². The molecule has 1 N–H and O–H groups in total. The van der Waals surface area contributed by atoms with Gasteiger partial charge in [-0.2, -0.15) is 0 Å². The van der Waals surface area contributed by atoms with Crippen LogP contribution in [0.25, 0.3) is 11.7 Å². The minimum absolute atomic E-state index is 0. The molecule has 0 atom stereocenters. The maximum absolute atomic E-state index is 12.7. The van der Waals surface area contributed by atoms with E-state index in [9.17, 15) is 4.79 Å². The first-order valence-corrected chi connectivity index (χ1v) is 11.3. The van der Waals surface area contributed by atoms with Gasteiger partial charge in [0, 0.05) is 18.5 Å². The number of carbonyl (C=O) groups is 1. The highest BCUT2D eigenvalue weighted by molar-refractivity contribution is 8.04. The van der Waals surface area contributed by atoms with Crippen LogP contribution in [0.5, 0.6) is 0 Å². The average Bonchev–Trinajstić information content (AvgIpc) is 3.38. The van der Waals surface area contributed by atoms with Crippen molar-refractivity contribution >= 4 is 78.0 Å². The number of thiazole rings is 1. The Kier molecular flexibility index (Phi) is 9.66. The maximum Gasteiger partial charge on any atom is 0.258 e. The zero-order valence-corrected chi connectivity index (χ0v) is 20.7. The summed E-state index contributed by atoms with van der Waals surface area (Å²) in [5.74, 6) is 0.554. The molecule has 0 radical (unpaired) electrons. The number of thioether (sulfide) groups is 1. The highest BCUT2D eigenvalue weighted by Gasteiger charge is 2.23. The molecule has 0 saturated carbocycles. The fraction of sp³-hybridized carbons (Fsp3) is 0.350. The number of pyridine rings is 1. The summed E-state index contributed by atoms with van der Waals surface area (Å²) in [5.41, 5.74) is 4.93. The number of aromatic nitrogens is 3. The van der Waals surface area contributed by atoms with Crippen molar-refractivity contribution < 1.29 is 4.79 Å². The second kappa shape index (κ2) is 11.5. The number of amides is 1. The zero-order valence-electron chi connectivity index (χ0n) is 16.6. The molecule has 5 heterocycles. The van der Waals surface area contributed by atoms with Crippen LogP contribution in [0.1, 0.15) is 24.2 Å². The summed E-state index contributed by atoms with van der Waals surface area (Å²) >= 11 is 3.16. The number of likely N-dealkylation sites (tertiary alicyclic amines) is 1. The van der Waals surface area contributed by atoms with Gasteiger partial charge in [0.05, 0.1) is 33.0 Å². The Morgan fingerprint density at radius 3 is 2.71 bits per heavy atom. The van der Waals surface area contributed by atoms with Crippen LogP contribution in [-0.2, 0) is 11.3 Å². The number of piperidine rings is 1. The van der Waals surface area contributed by atoms with Gasteiger partial charge in [-0.05, 0) is 50.1 Å². The van der Waals surface area contributed by atoms with E-state index in [1.165, 1.54) is 11.8 Å². The molecule has 168 valence electrons. The molecule has 0 aliphatic carbocycles. The van der Waals surface area contributed by atoms with Crippen LogP contribution in [0.4, 0.5) is 0 Å². The van der Waals surface area contributed by atoms with Crippen LogP contribution in [0.2, 0.25) is 0 Å². The third-order valence-electron chi connectivity index (χ3n) is 5.37. The molecule has 3 aromatic rings. The number of rotatable bonds is 5. The summed E-state index contributed by atoms with van der Waals surface area (Å²) in [7, 11) is 0. The van der Waals surface area contributed by atoms with E-state index < -0.39 is 0 Å². The van der Waals surface area contributed by atoms with Gasteiger partial charge in [-0.25, -0.2) is 9.97 Å². The second-order valence-corrected chi connectivity index (χ2v) is 9.04. The lowest BCUT2D eigenvalue weighted by molar-refractivity contribution is -0.117. The largest absolute Gasteiger partial charge is 0.351 e. The summed E-state index contributed by atoms with van der Waals surface area (Å²) in [6.07, 6.45) is 5.98. The molecule has 0 bridgehead atoms. The summed E-state index contributed by atoms with van der Waals surface area (Å²) in [5, 5.41) is 6.31. The van der Waals surface area contributed by atoms with Crippen molar-refractivity contribution in [1.82, 2.24) is 24.6 Å². The summed E-state index contributed by atoms with van der Waals surface area (Å²) in [6, 6.07) is 5.99. The molecule has 11 heteroatoms. The number of carbonyl (C=O) groups excluding carboxylic acids is 1. The van der Waals surface area contributed by atoms with Crippen molar-refractivity contribution in [1.29, 1.82) is 0 Å². The smallest absolute Gasteiger partial charge is 0.258 e. The lowest BCUT2D eigenvalue weighted by atomic mass is 9.96. The Hall–Kier alpha value is -1.29. The van der Waals surface area contributed by atoms with Crippen LogP contribution in [-0.4, -0.2) is 44.8 Å². The molecule has 6 nitrogen and oxygen atoms in total. The van der Waals surface area contributed by atoms with E-state index in [1.54, 1.807) is 11.3 Å². The number of hydrogen-bond acceptors (Lipinski definition) is 6. The molecule has 3 aromatic heterocycles. The molecule has 1 amide bonds. The van der Waals surface area contributed by atoms with Gasteiger partial charge in [0.15, 0.2) is 0 Å². The molecule has 0 aromatic carbocycles. The van der Waals surface area contributed by atoms with Crippen LogP contribution in [0.15, 0.2) is 45.2 Å². The lowest BCUT2D eigenvalue weighted by Gasteiger charge is -2.31. The topological polar surface area (TPSA) is 62.5 Å². The summed E-state index contributed by atoms with van der Waals surface area (Å²) in [4.78, 5) is 24.7. The molecule has 31 heavy (non-hydrogen) atoms. The Balaban J connectivity index is 0.00000114. The van der Waals surface area contributed by atoms with Crippen LogP contribution >= 0.6 is 60.3 Å². The quantitative estimate of drug-likeness (QED) is 0.535. The highest BCUT2D eigenvalue weighted by Crippen LogP contribution is 2.34. The van der Waals surface area contributed by atoms with Crippen molar-refractivity contribution in [2.45, 2.75) is 24.4 Å². The minimum atomic E-state index is 0. The molecule has 2 aliphatic rings. The molecule has 2 aliphatic heterocycles. The fourth-order valence-corrected chi connectivity index (χ4v) is 5.37. The van der Waals surface area contributed by atoms with Crippen molar-refractivity contribution in [3.8, 4) is 0 Å². The van der Waals surface area contributed by atoms with E-state index in [2.05, 4.69) is 30.0 Å². The van der Waals surface area contributed by atoms with E-state index in [4.69, 9.17) is 0 Å². The third kappa shape index (κ3) is 5.74. The van der Waals surface area contributed by atoms with Gasteiger partial charge >= 0.3 is 0 Å². The van der Waals surface area contributed by atoms with E-state index >= 15 is 0 Å². The first-order chi connectivity index (χ1) is 13.8. The Morgan fingerprint density at radius 2 is 1.97 bits per heavy atom. The predicted molar refractivity (Wildman–Crippen MR) is 134 cm³/mol. The number of hydrogen-bond donors (Lipinski definition) is 1. The van der Waals surface area contributed by atoms with Gasteiger partial charge < -0.3 is 5.32 Å². The van der Waals surface area contributed by atoms with Crippen molar-refractivity contribution in [2.24, 2.45) is 5.92 Å². The summed E-state index contributed by atoms with van der Waals surface area (Å²) in [6.45, 7) is 3.81. The first kappa shape index (κ1) is 26.0.